The van der Waals surface area contributed by atoms with Crippen molar-refractivity contribution in [3.63, 3.8) is 0 Å². The Morgan fingerprint density at radius 1 is 1.33 bits per heavy atom. The van der Waals surface area contributed by atoms with E-state index >= 15 is 0 Å². The second-order valence-electron chi connectivity index (χ2n) is 2.13. The summed E-state index contributed by atoms with van der Waals surface area (Å²) in [5.74, 6) is 1.67. The lowest BCUT2D eigenvalue weighted by Gasteiger charge is -2.02. The number of hydrazine groups is 1. The molecule has 0 aromatic heterocycles. The molecular weight excluding hydrogens is 219 g/mol. The molecule has 0 bridgehead atoms. The molecule has 15 heavy (non-hydrogen) atoms. The smallest absolute Gasteiger partial charge is 0.291 e. The summed E-state index contributed by atoms with van der Waals surface area (Å²) in [7, 11) is 0. The predicted octanol–water partition coefficient (Wildman–Crippen LogP) is 1.04. The fourth-order valence-electron chi connectivity index (χ4n) is 0.680. The molecule has 84 valence electrons. The van der Waals surface area contributed by atoms with Crippen LogP contribution in [0.15, 0.2) is 12.1 Å². The van der Waals surface area contributed by atoms with Crippen LogP contribution in [0, 0.1) is 27.6 Å². The van der Waals surface area contributed by atoms with Crippen LogP contribution in [0.5, 0.6) is 0 Å². The van der Waals surface area contributed by atoms with E-state index in [0.29, 0.717) is 12.1 Å². The Morgan fingerprint density at radius 2 is 1.67 bits per heavy atom. The van der Waals surface area contributed by atoms with Crippen molar-refractivity contribution in [3.8, 4) is 0 Å². The number of nitrogens with zero attached hydrogens (tertiary/aromatic N) is 1. The number of benzene rings is 1. The van der Waals surface area contributed by atoms with E-state index in [-0.39, 0.29) is 0 Å². The van der Waals surface area contributed by atoms with Gasteiger partial charge in [-0.05, 0) is 0 Å². The van der Waals surface area contributed by atoms with Crippen molar-refractivity contribution >= 4 is 5.69 Å². The van der Waals surface area contributed by atoms with Crippen LogP contribution in [0.2, 0.25) is 0 Å². The van der Waals surface area contributed by atoms with Crippen molar-refractivity contribution < 1.29 is 23.5 Å². The number of nitrogens with two attached hydrogens (primary N) is 1. The van der Waals surface area contributed by atoms with Gasteiger partial charge in [0.2, 0.25) is 0 Å². The lowest BCUT2D eigenvalue weighted by molar-refractivity contribution is -0.742. The average molecular weight is 225 g/mol. The number of halogens is 3. The maximum atomic E-state index is 12.5. The topological polar surface area (TPSA) is 101 Å². The third kappa shape index (κ3) is 4.67. The number of nitrogen functional groups attached to an aromatic ring is 1. The van der Waals surface area contributed by atoms with Crippen molar-refractivity contribution in [3.05, 3.63) is 39.7 Å². The van der Waals surface area contributed by atoms with Crippen molar-refractivity contribution in [2.45, 2.75) is 0 Å². The lowest BCUT2D eigenvalue weighted by atomic mass is 10.3. The minimum absolute atomic E-state index is 0.536. The van der Waals surface area contributed by atoms with Crippen LogP contribution in [-0.4, -0.2) is 10.3 Å². The van der Waals surface area contributed by atoms with Gasteiger partial charge < -0.3 is 10.6 Å². The molecule has 0 aliphatic heterocycles. The van der Waals surface area contributed by atoms with Gasteiger partial charge >= 0.3 is 0 Å². The van der Waals surface area contributed by atoms with Crippen LogP contribution in [-0.2, 0) is 0 Å². The molecule has 0 saturated carbocycles. The predicted molar refractivity (Wildman–Crippen MR) is 42.9 cm³/mol. The number of nitrogens with one attached hydrogen (secondary N) is 1. The van der Waals surface area contributed by atoms with Gasteiger partial charge in [0.15, 0.2) is 11.6 Å². The Bertz CT molecular complexity index is 334. The number of hydrogen-bond donors (Lipinski definition) is 3. The van der Waals surface area contributed by atoms with Gasteiger partial charge in [0.05, 0.1) is 0 Å². The molecule has 1 rings (SSSR count). The molecular formula is C6H6F3N3O3. The highest BCUT2D eigenvalue weighted by atomic mass is 19.1. The molecule has 0 radical (unpaired) electrons. The maximum absolute atomic E-state index is 12.5. The molecule has 0 heterocycles. The molecule has 0 fully saturated rings. The third-order valence-electron chi connectivity index (χ3n) is 1.15. The maximum Gasteiger partial charge on any atom is 0.291 e. The summed E-state index contributed by atoms with van der Waals surface area (Å²) < 4.78 is 37.2. The van der Waals surface area contributed by atoms with Crippen molar-refractivity contribution in [2.24, 2.45) is 5.84 Å². The van der Waals surface area contributed by atoms with E-state index in [0.717, 1.165) is 0 Å². The van der Waals surface area contributed by atoms with Crippen LogP contribution in [0.25, 0.3) is 0 Å². The van der Waals surface area contributed by atoms with Crippen LogP contribution >= 0.6 is 0 Å². The summed E-state index contributed by atoms with van der Waals surface area (Å²) in [6, 6.07) is 1.08. The van der Waals surface area contributed by atoms with Crippen LogP contribution < -0.4 is 11.3 Å². The summed E-state index contributed by atoms with van der Waals surface area (Å²) in [5, 5.41) is 13.6. The highest BCUT2D eigenvalue weighted by Gasteiger charge is 2.08. The Balaban J connectivity index is 0.000000423. The summed E-state index contributed by atoms with van der Waals surface area (Å²) in [5.41, 5.74) is 1.24. The van der Waals surface area contributed by atoms with E-state index in [9.17, 15) is 13.2 Å². The first-order valence-corrected chi connectivity index (χ1v) is 3.33. The third-order valence-corrected chi connectivity index (χ3v) is 1.15. The molecule has 0 aliphatic carbocycles. The van der Waals surface area contributed by atoms with Crippen LogP contribution in [0.4, 0.5) is 18.9 Å². The van der Waals surface area contributed by atoms with Gasteiger partial charge in [-0.2, -0.15) is 0 Å². The zero-order valence-electron chi connectivity index (χ0n) is 7.08. The van der Waals surface area contributed by atoms with Gasteiger partial charge in [-0.3, -0.25) is 5.84 Å². The van der Waals surface area contributed by atoms with E-state index in [1.807, 2.05) is 0 Å². The summed E-state index contributed by atoms with van der Waals surface area (Å²) in [6.45, 7) is 0. The SMILES string of the molecule is NNc1c(F)cc(F)cc1F.O=[N+]([O-])O. The Hall–Kier alpha value is -2.03. The van der Waals surface area contributed by atoms with Gasteiger partial charge in [0.1, 0.15) is 11.5 Å². The average Bonchev–Trinajstić information content (AvgIpc) is 2.01. The number of anilines is 1. The van der Waals surface area contributed by atoms with Crippen LogP contribution in [0.3, 0.4) is 0 Å². The molecule has 1 aromatic carbocycles. The standard InChI is InChI=1S/C6H5F3N2.HNO3/c7-3-1-4(8)6(11-10)5(9)2-3;2-1(3)4/h1-2,11H,10H2;(H,2,3,4). The number of hydrogen-bond acceptors (Lipinski definition) is 4. The quantitative estimate of drug-likeness (QED) is 0.376. The first-order chi connectivity index (χ1) is 6.88. The molecule has 1 aromatic rings. The summed E-state index contributed by atoms with van der Waals surface area (Å²) in [6.07, 6.45) is 0. The van der Waals surface area contributed by atoms with E-state index in [4.69, 9.17) is 21.2 Å². The van der Waals surface area contributed by atoms with E-state index in [1.165, 1.54) is 0 Å². The molecule has 9 heteroatoms. The number of rotatable bonds is 1. The monoisotopic (exact) mass is 225 g/mol. The van der Waals surface area contributed by atoms with Crippen molar-refractivity contribution in [2.75, 3.05) is 5.43 Å². The Morgan fingerprint density at radius 3 is 1.93 bits per heavy atom. The van der Waals surface area contributed by atoms with Crippen LogP contribution in [0.1, 0.15) is 0 Å². The fourth-order valence-corrected chi connectivity index (χ4v) is 0.680. The van der Waals surface area contributed by atoms with Gasteiger partial charge in [-0.1, -0.05) is 0 Å². The first-order valence-electron chi connectivity index (χ1n) is 3.33. The molecule has 0 unspecified atom stereocenters. The Labute approximate surface area is 81.2 Å². The van der Waals surface area contributed by atoms with Gasteiger partial charge in [0.25, 0.3) is 5.09 Å². The Kier molecular flexibility index (Phi) is 4.88. The first kappa shape index (κ1) is 13.0. The molecule has 0 aliphatic rings. The van der Waals surface area contributed by atoms with E-state index < -0.39 is 28.2 Å². The highest BCUT2D eigenvalue weighted by Crippen LogP contribution is 2.18. The molecule has 0 atom stereocenters. The summed E-state index contributed by atoms with van der Waals surface area (Å²) >= 11 is 0. The molecule has 4 N–H and O–H groups in total. The largest absolute Gasteiger partial charge is 0.328 e. The van der Waals surface area contributed by atoms with E-state index in [2.05, 4.69) is 0 Å². The van der Waals surface area contributed by atoms with Gasteiger partial charge in [0, 0.05) is 12.1 Å². The summed E-state index contributed by atoms with van der Waals surface area (Å²) in [4.78, 5) is 8.36. The molecule has 6 nitrogen and oxygen atoms in total. The molecule has 0 saturated heterocycles. The minimum Gasteiger partial charge on any atom is -0.328 e. The lowest BCUT2D eigenvalue weighted by Crippen LogP contribution is -2.10. The highest BCUT2D eigenvalue weighted by molar-refractivity contribution is 5.44. The zero-order chi connectivity index (χ0) is 12.0. The minimum atomic E-state index is -1.50. The fraction of sp³-hybridized carbons (Fsp3) is 0. The van der Waals surface area contributed by atoms with E-state index in [1.54, 1.807) is 5.43 Å². The molecule has 0 amide bonds. The zero-order valence-corrected chi connectivity index (χ0v) is 7.08. The second kappa shape index (κ2) is 5.65. The van der Waals surface area contributed by atoms with Crippen molar-refractivity contribution in [1.29, 1.82) is 0 Å². The molecule has 0 spiro atoms. The normalized spacial score (nSPS) is 8.80. The second-order valence-corrected chi connectivity index (χ2v) is 2.13. The van der Waals surface area contributed by atoms with Gasteiger partial charge in [-0.15, -0.1) is 10.1 Å². The van der Waals surface area contributed by atoms with Crippen molar-refractivity contribution in [1.82, 2.24) is 0 Å². The van der Waals surface area contributed by atoms with Gasteiger partial charge in [-0.25, -0.2) is 13.2 Å².